The van der Waals surface area contributed by atoms with Crippen molar-refractivity contribution in [1.82, 2.24) is 9.36 Å². The summed E-state index contributed by atoms with van der Waals surface area (Å²) in [6.45, 7) is 4.31. The van der Waals surface area contributed by atoms with Crippen LogP contribution in [0.25, 0.3) is 0 Å². The first kappa shape index (κ1) is 13.6. The van der Waals surface area contributed by atoms with Crippen LogP contribution in [0.5, 0.6) is 0 Å². The van der Waals surface area contributed by atoms with E-state index in [4.69, 9.17) is 0 Å². The van der Waals surface area contributed by atoms with Gasteiger partial charge in [-0.3, -0.25) is 0 Å². The van der Waals surface area contributed by atoms with Gasteiger partial charge in [0.05, 0.1) is 0 Å². The summed E-state index contributed by atoms with van der Waals surface area (Å²) in [6.07, 6.45) is -1.19. The first-order valence-electron chi connectivity index (χ1n) is 6.05. The van der Waals surface area contributed by atoms with E-state index >= 15 is 0 Å². The van der Waals surface area contributed by atoms with E-state index in [1.54, 1.807) is 0 Å². The van der Waals surface area contributed by atoms with Crippen molar-refractivity contribution in [2.75, 3.05) is 5.32 Å². The average molecular weight is 279 g/mol. The Hall–Kier alpha value is -0.850. The fourth-order valence-electron chi connectivity index (χ4n) is 2.34. The quantitative estimate of drug-likeness (QED) is 0.895. The third-order valence-corrected chi connectivity index (χ3v) is 4.34. The van der Waals surface area contributed by atoms with E-state index in [1.165, 1.54) is 6.42 Å². The third kappa shape index (κ3) is 2.93. The molecule has 0 aromatic carbocycles. The molecule has 1 aromatic heterocycles. The van der Waals surface area contributed by atoms with Gasteiger partial charge in [-0.15, -0.1) is 0 Å². The zero-order valence-electron chi connectivity index (χ0n) is 10.3. The van der Waals surface area contributed by atoms with Gasteiger partial charge in [-0.2, -0.15) is 22.5 Å². The molecule has 0 spiro atoms. The molecule has 0 bridgehead atoms. The lowest BCUT2D eigenvalue weighted by atomic mass is 9.78. The molecule has 1 aliphatic rings. The molecule has 0 amide bonds. The third-order valence-electron chi connectivity index (χ3n) is 3.70. The molecule has 18 heavy (non-hydrogen) atoms. The van der Waals surface area contributed by atoms with Crippen molar-refractivity contribution in [3.8, 4) is 0 Å². The summed E-state index contributed by atoms with van der Waals surface area (Å²) in [5.74, 6) is -0.0187. The molecule has 3 atom stereocenters. The highest BCUT2D eigenvalue weighted by atomic mass is 32.1. The highest BCUT2D eigenvalue weighted by molar-refractivity contribution is 7.09. The fraction of sp³-hybridized carbons (Fsp3) is 0.818. The number of hydrogen-bond acceptors (Lipinski definition) is 4. The number of anilines is 1. The van der Waals surface area contributed by atoms with Gasteiger partial charge >= 0.3 is 6.18 Å². The summed E-state index contributed by atoms with van der Waals surface area (Å²) < 4.78 is 40.5. The number of hydrogen-bond donors (Lipinski definition) is 1. The van der Waals surface area contributed by atoms with E-state index in [0.717, 1.165) is 24.4 Å². The normalized spacial score (nSPS) is 29.3. The summed E-state index contributed by atoms with van der Waals surface area (Å²) in [5.41, 5.74) is 0. The number of nitrogens with one attached hydrogen (secondary N) is 1. The number of rotatable bonds is 2. The number of alkyl halides is 3. The first-order valence-corrected chi connectivity index (χ1v) is 6.82. The predicted molar refractivity (Wildman–Crippen MR) is 64.5 cm³/mol. The molecule has 1 N–H and O–H groups in total. The maximum atomic E-state index is 12.4. The predicted octanol–water partition coefficient (Wildman–Crippen LogP) is 3.79. The van der Waals surface area contributed by atoms with Gasteiger partial charge in [0.1, 0.15) is 0 Å². The highest BCUT2D eigenvalue weighted by Crippen LogP contribution is 2.33. The minimum atomic E-state index is -4.46. The number of aromatic nitrogens is 2. The summed E-state index contributed by atoms with van der Waals surface area (Å²) in [7, 11) is 0. The van der Waals surface area contributed by atoms with Gasteiger partial charge in [0.15, 0.2) is 0 Å². The van der Waals surface area contributed by atoms with E-state index < -0.39 is 12.0 Å². The van der Waals surface area contributed by atoms with Gasteiger partial charge in [0.2, 0.25) is 11.0 Å². The van der Waals surface area contributed by atoms with Crippen molar-refractivity contribution in [1.29, 1.82) is 0 Å². The molecular formula is C11H16F3N3S. The SMILES string of the molecule is CC1CCCC(Nc2nc(C(F)(F)F)ns2)C1C. The van der Waals surface area contributed by atoms with E-state index in [9.17, 15) is 13.2 Å². The second-order valence-corrected chi connectivity index (χ2v) is 5.69. The molecule has 1 aliphatic carbocycles. The molecule has 3 nitrogen and oxygen atoms in total. The average Bonchev–Trinajstić information content (AvgIpc) is 2.73. The van der Waals surface area contributed by atoms with Crippen LogP contribution in [0.3, 0.4) is 0 Å². The van der Waals surface area contributed by atoms with Crippen LogP contribution in [0.1, 0.15) is 38.9 Å². The fourth-order valence-corrected chi connectivity index (χ4v) is 2.99. The Kier molecular flexibility index (Phi) is 3.79. The zero-order valence-corrected chi connectivity index (χ0v) is 11.1. The van der Waals surface area contributed by atoms with Crippen molar-refractivity contribution in [3.05, 3.63) is 5.82 Å². The monoisotopic (exact) mass is 279 g/mol. The smallest absolute Gasteiger partial charge is 0.357 e. The molecule has 3 unspecified atom stereocenters. The second-order valence-electron chi connectivity index (χ2n) is 4.94. The molecule has 0 aliphatic heterocycles. The maximum absolute atomic E-state index is 12.4. The molecule has 1 aromatic rings. The lowest BCUT2D eigenvalue weighted by Gasteiger charge is -2.34. The van der Waals surface area contributed by atoms with Crippen LogP contribution in [0.2, 0.25) is 0 Å². The zero-order chi connectivity index (χ0) is 13.3. The molecule has 1 fully saturated rings. The molecule has 1 heterocycles. The van der Waals surface area contributed by atoms with Gasteiger partial charge < -0.3 is 5.32 Å². The molecule has 0 saturated heterocycles. The van der Waals surface area contributed by atoms with E-state index in [2.05, 4.69) is 28.5 Å². The van der Waals surface area contributed by atoms with Crippen LogP contribution in [0, 0.1) is 11.8 Å². The first-order chi connectivity index (χ1) is 8.38. The van der Waals surface area contributed by atoms with Gasteiger partial charge in [0.25, 0.3) is 0 Å². The molecule has 7 heteroatoms. The van der Waals surface area contributed by atoms with Crippen molar-refractivity contribution in [2.24, 2.45) is 11.8 Å². The van der Waals surface area contributed by atoms with Crippen molar-refractivity contribution in [2.45, 2.75) is 45.3 Å². The topological polar surface area (TPSA) is 37.8 Å². The Labute approximate surface area is 108 Å². The Morgan fingerprint density at radius 3 is 2.61 bits per heavy atom. The Balaban J connectivity index is 2.03. The van der Waals surface area contributed by atoms with Gasteiger partial charge in [-0.05, 0) is 18.3 Å². The van der Waals surface area contributed by atoms with E-state index in [-0.39, 0.29) is 11.2 Å². The Morgan fingerprint density at radius 1 is 1.28 bits per heavy atom. The molecule has 2 rings (SSSR count). The minimum Gasteiger partial charge on any atom is -0.357 e. The van der Waals surface area contributed by atoms with Crippen molar-refractivity contribution >= 4 is 16.7 Å². The summed E-state index contributed by atoms with van der Waals surface area (Å²) in [6, 6.07) is 0.197. The summed E-state index contributed by atoms with van der Waals surface area (Å²) in [4.78, 5) is 3.51. The second kappa shape index (κ2) is 5.03. The Bertz CT molecular complexity index is 404. The summed E-state index contributed by atoms with van der Waals surface area (Å²) >= 11 is 0.781. The largest absolute Gasteiger partial charge is 0.452 e. The van der Waals surface area contributed by atoms with Crippen LogP contribution in [-0.2, 0) is 6.18 Å². The van der Waals surface area contributed by atoms with E-state index in [0.29, 0.717) is 11.8 Å². The molecular weight excluding hydrogens is 263 g/mol. The van der Waals surface area contributed by atoms with Crippen LogP contribution < -0.4 is 5.32 Å². The Morgan fingerprint density at radius 2 is 2.00 bits per heavy atom. The van der Waals surface area contributed by atoms with Crippen LogP contribution in [0.4, 0.5) is 18.3 Å². The minimum absolute atomic E-state index is 0.197. The highest BCUT2D eigenvalue weighted by Gasteiger charge is 2.36. The van der Waals surface area contributed by atoms with Crippen LogP contribution in [-0.4, -0.2) is 15.4 Å². The van der Waals surface area contributed by atoms with Gasteiger partial charge in [0, 0.05) is 17.6 Å². The van der Waals surface area contributed by atoms with Crippen molar-refractivity contribution < 1.29 is 13.2 Å². The molecule has 0 radical (unpaired) electrons. The standard InChI is InChI=1S/C11H16F3N3S/c1-6-4-3-5-8(7(6)2)15-10-16-9(17-18-10)11(12,13)14/h6-8H,3-5H2,1-2H3,(H,15,16,17). The van der Waals surface area contributed by atoms with Crippen LogP contribution >= 0.6 is 11.5 Å². The maximum Gasteiger partial charge on any atom is 0.452 e. The lowest BCUT2D eigenvalue weighted by Crippen LogP contribution is -2.35. The van der Waals surface area contributed by atoms with E-state index in [1.807, 2.05) is 0 Å². The summed E-state index contributed by atoms with van der Waals surface area (Å²) in [5, 5.41) is 3.37. The van der Waals surface area contributed by atoms with Gasteiger partial charge in [-0.25, -0.2) is 0 Å². The molecule has 1 saturated carbocycles. The van der Waals surface area contributed by atoms with Gasteiger partial charge in [-0.1, -0.05) is 26.7 Å². The van der Waals surface area contributed by atoms with Crippen molar-refractivity contribution in [3.63, 3.8) is 0 Å². The molecule has 102 valence electrons. The van der Waals surface area contributed by atoms with Crippen LogP contribution in [0.15, 0.2) is 0 Å². The lowest BCUT2D eigenvalue weighted by molar-refractivity contribution is -0.144. The number of nitrogens with zero attached hydrogens (tertiary/aromatic N) is 2. The number of halogens is 3.